The van der Waals surface area contributed by atoms with Crippen molar-refractivity contribution in [2.45, 2.75) is 79.9 Å². The minimum atomic E-state index is -0.760. The number of nitrogens with one attached hydrogen (secondary N) is 2. The standard InChI is InChI=1S/C28H36ClFN6O3/c1-16(2)36-26(32-15-38-28(6,7)8)20(14-31)25(34-36)19-10-9-17(24(30)23(19)29)11-21(37)33-22-12-18(35-39-22)13-27(3,4)5/h9-10,12,16,32H,11,13,15H2,1-8H3,(H,33,37). The Bertz CT molecular complexity index is 1380. The van der Waals surface area contributed by atoms with E-state index >= 15 is 4.39 Å². The monoisotopic (exact) mass is 558 g/mol. The van der Waals surface area contributed by atoms with Gasteiger partial charge in [0.25, 0.3) is 0 Å². The maximum absolute atomic E-state index is 15.4. The molecule has 3 rings (SSSR count). The molecular formula is C28H36ClFN6O3. The highest BCUT2D eigenvalue weighted by Crippen LogP contribution is 2.37. The molecule has 0 bridgehead atoms. The predicted molar refractivity (Wildman–Crippen MR) is 149 cm³/mol. The van der Waals surface area contributed by atoms with Crippen molar-refractivity contribution >= 4 is 29.2 Å². The van der Waals surface area contributed by atoms with Crippen molar-refractivity contribution < 1.29 is 18.4 Å². The molecule has 0 aliphatic carbocycles. The highest BCUT2D eigenvalue weighted by molar-refractivity contribution is 6.33. The third-order valence-corrected chi connectivity index (χ3v) is 5.93. The van der Waals surface area contributed by atoms with E-state index in [1.54, 1.807) is 16.8 Å². The number of benzene rings is 1. The van der Waals surface area contributed by atoms with Crippen LogP contribution in [-0.2, 0) is 22.4 Å². The Balaban J connectivity index is 1.84. The summed E-state index contributed by atoms with van der Waals surface area (Å²) >= 11 is 6.44. The Morgan fingerprint density at radius 2 is 1.95 bits per heavy atom. The largest absolute Gasteiger partial charge is 0.356 e. The van der Waals surface area contributed by atoms with Gasteiger partial charge >= 0.3 is 0 Å². The Kier molecular flexibility index (Phi) is 9.08. The van der Waals surface area contributed by atoms with Crippen LogP contribution in [0.15, 0.2) is 22.7 Å². The van der Waals surface area contributed by atoms with E-state index in [-0.39, 0.29) is 63.5 Å². The van der Waals surface area contributed by atoms with E-state index in [2.05, 4.69) is 47.7 Å². The van der Waals surface area contributed by atoms with Crippen LogP contribution < -0.4 is 10.6 Å². The number of amides is 1. The predicted octanol–water partition coefficient (Wildman–Crippen LogP) is 6.74. The number of aromatic nitrogens is 3. The highest BCUT2D eigenvalue weighted by atomic mass is 35.5. The molecule has 3 aromatic rings. The second-order valence-corrected chi connectivity index (χ2v) is 12.2. The van der Waals surface area contributed by atoms with Gasteiger partial charge in [-0.2, -0.15) is 10.4 Å². The van der Waals surface area contributed by atoms with E-state index < -0.39 is 11.7 Å². The number of hydrogen-bond acceptors (Lipinski definition) is 7. The van der Waals surface area contributed by atoms with Gasteiger partial charge in [-0.1, -0.05) is 49.7 Å². The van der Waals surface area contributed by atoms with E-state index in [0.717, 1.165) is 0 Å². The number of hydrogen-bond donors (Lipinski definition) is 2. The van der Waals surface area contributed by atoms with Gasteiger partial charge in [0.05, 0.1) is 22.7 Å². The maximum Gasteiger partial charge on any atom is 0.231 e. The fourth-order valence-electron chi connectivity index (χ4n) is 3.85. The summed E-state index contributed by atoms with van der Waals surface area (Å²) in [4.78, 5) is 12.6. The van der Waals surface area contributed by atoms with Crippen LogP contribution in [0.5, 0.6) is 0 Å². The first-order valence-corrected chi connectivity index (χ1v) is 13.1. The van der Waals surface area contributed by atoms with Crippen LogP contribution in [0.25, 0.3) is 11.3 Å². The summed E-state index contributed by atoms with van der Waals surface area (Å²) in [6, 6.07) is 6.74. The summed E-state index contributed by atoms with van der Waals surface area (Å²) in [5.41, 5.74) is 1.12. The molecule has 0 unspecified atom stereocenters. The van der Waals surface area contributed by atoms with Gasteiger partial charge in [-0.25, -0.2) is 9.07 Å². The van der Waals surface area contributed by atoms with Crippen LogP contribution in [0, 0.1) is 22.6 Å². The lowest BCUT2D eigenvalue weighted by Gasteiger charge is -2.21. The van der Waals surface area contributed by atoms with E-state index in [1.165, 1.54) is 6.07 Å². The summed E-state index contributed by atoms with van der Waals surface area (Å²) in [5, 5.41) is 24.0. The second kappa shape index (κ2) is 11.8. The fraction of sp³-hybridized carbons (Fsp3) is 0.500. The number of carbonyl (C=O) groups is 1. The van der Waals surface area contributed by atoms with E-state index in [9.17, 15) is 10.1 Å². The molecule has 2 N–H and O–H groups in total. The second-order valence-electron chi connectivity index (χ2n) is 11.8. The first-order chi connectivity index (χ1) is 18.1. The average molecular weight is 559 g/mol. The molecule has 39 heavy (non-hydrogen) atoms. The SMILES string of the molecule is CC(C)n1nc(-c2ccc(CC(=O)Nc3cc(CC(C)(C)C)no3)c(F)c2Cl)c(C#N)c1NCOC(C)(C)C. The van der Waals surface area contributed by atoms with Gasteiger partial charge in [-0.3, -0.25) is 10.1 Å². The first-order valence-electron chi connectivity index (χ1n) is 12.7. The van der Waals surface area contributed by atoms with Gasteiger partial charge in [0, 0.05) is 17.7 Å². The molecule has 0 aliphatic rings. The zero-order valence-corrected chi connectivity index (χ0v) is 24.5. The fourth-order valence-corrected chi connectivity index (χ4v) is 4.13. The molecule has 9 nitrogen and oxygen atoms in total. The molecule has 11 heteroatoms. The minimum Gasteiger partial charge on any atom is -0.356 e. The smallest absolute Gasteiger partial charge is 0.231 e. The normalized spacial score (nSPS) is 12.1. The molecule has 2 aromatic heterocycles. The first kappa shape index (κ1) is 30.1. The van der Waals surface area contributed by atoms with Gasteiger partial charge in [-0.15, -0.1) is 0 Å². The van der Waals surface area contributed by atoms with Crippen molar-refractivity contribution in [1.29, 1.82) is 5.26 Å². The molecule has 0 saturated carbocycles. The Morgan fingerprint density at radius 3 is 2.54 bits per heavy atom. The Labute approximate surface area is 233 Å². The molecule has 2 heterocycles. The zero-order chi connectivity index (χ0) is 29.1. The molecule has 0 saturated heterocycles. The van der Waals surface area contributed by atoms with Gasteiger partial charge in [-0.05, 0) is 52.0 Å². The van der Waals surface area contributed by atoms with Gasteiger partial charge in [0.1, 0.15) is 35.7 Å². The van der Waals surface area contributed by atoms with Gasteiger partial charge < -0.3 is 14.6 Å². The number of ether oxygens (including phenoxy) is 1. The van der Waals surface area contributed by atoms with E-state index in [0.29, 0.717) is 17.9 Å². The average Bonchev–Trinajstić information content (AvgIpc) is 3.38. The molecule has 0 atom stereocenters. The lowest BCUT2D eigenvalue weighted by Crippen LogP contribution is -2.24. The summed E-state index contributed by atoms with van der Waals surface area (Å²) in [7, 11) is 0. The Hall–Kier alpha value is -3.42. The van der Waals surface area contributed by atoms with Crippen molar-refractivity contribution in [3.8, 4) is 17.3 Å². The van der Waals surface area contributed by atoms with Crippen LogP contribution in [0.3, 0.4) is 0 Å². The van der Waals surface area contributed by atoms with Crippen LogP contribution in [0.4, 0.5) is 16.1 Å². The maximum atomic E-state index is 15.4. The van der Waals surface area contributed by atoms with Gasteiger partial charge in [0.15, 0.2) is 0 Å². The molecule has 0 spiro atoms. The summed E-state index contributed by atoms with van der Waals surface area (Å²) in [5.74, 6) is -0.604. The molecule has 1 aromatic carbocycles. The summed E-state index contributed by atoms with van der Waals surface area (Å²) < 4.78 is 28.0. The van der Waals surface area contributed by atoms with Gasteiger partial charge in [0.2, 0.25) is 11.8 Å². The molecule has 0 fully saturated rings. The number of halogens is 2. The molecule has 0 radical (unpaired) electrons. The highest BCUT2D eigenvalue weighted by Gasteiger charge is 2.25. The number of anilines is 2. The van der Waals surface area contributed by atoms with Crippen LogP contribution in [-0.4, -0.2) is 33.2 Å². The number of nitriles is 1. The lowest BCUT2D eigenvalue weighted by molar-refractivity contribution is -0.115. The van der Waals surface area contributed by atoms with Crippen LogP contribution in [0.2, 0.25) is 5.02 Å². The lowest BCUT2D eigenvalue weighted by atomic mass is 9.91. The van der Waals surface area contributed by atoms with E-state index in [1.807, 2.05) is 34.6 Å². The van der Waals surface area contributed by atoms with Crippen molar-refractivity contribution in [2.24, 2.45) is 5.41 Å². The van der Waals surface area contributed by atoms with E-state index in [4.69, 9.17) is 20.9 Å². The Morgan fingerprint density at radius 1 is 1.26 bits per heavy atom. The number of carbonyl (C=O) groups excluding carboxylic acids is 1. The van der Waals surface area contributed by atoms with Crippen molar-refractivity contribution in [1.82, 2.24) is 14.9 Å². The molecule has 210 valence electrons. The zero-order valence-electron chi connectivity index (χ0n) is 23.7. The van der Waals surface area contributed by atoms with Crippen molar-refractivity contribution in [2.75, 3.05) is 17.4 Å². The third-order valence-electron chi connectivity index (χ3n) is 5.56. The third kappa shape index (κ3) is 7.80. The van der Waals surface area contributed by atoms with Crippen molar-refractivity contribution in [3.63, 3.8) is 0 Å². The quantitative estimate of drug-likeness (QED) is 0.279. The number of rotatable bonds is 9. The topological polar surface area (TPSA) is 118 Å². The van der Waals surface area contributed by atoms with Crippen LogP contribution in [0.1, 0.15) is 78.3 Å². The molecule has 1 amide bonds. The summed E-state index contributed by atoms with van der Waals surface area (Å²) in [6.07, 6.45) is 0.403. The number of nitrogens with zero attached hydrogens (tertiary/aromatic N) is 4. The van der Waals surface area contributed by atoms with Crippen LogP contribution >= 0.6 is 11.6 Å². The minimum absolute atomic E-state index is 0.00716. The van der Waals surface area contributed by atoms with Crippen molar-refractivity contribution in [3.05, 3.63) is 45.9 Å². The summed E-state index contributed by atoms with van der Waals surface area (Å²) in [6.45, 7) is 16.0. The molecule has 0 aliphatic heterocycles. The molecular weight excluding hydrogens is 523 g/mol.